The fourth-order valence-electron chi connectivity index (χ4n) is 2.03. The third kappa shape index (κ3) is 1.72. The standard InChI is InChI=1S/C15H9NO3/c1-18-10-3-5-13-12(7-10)15(17)11-4-2-9(8-16)6-14(11)19-13/h2-7H,1H3. The minimum atomic E-state index is -0.125. The highest BCUT2D eigenvalue weighted by Gasteiger charge is 2.09. The van der Waals surface area contributed by atoms with Crippen molar-refractivity contribution < 1.29 is 9.15 Å². The minimum absolute atomic E-state index is 0.125. The number of hydrogen-bond acceptors (Lipinski definition) is 4. The Balaban J connectivity index is 2.45. The predicted molar refractivity (Wildman–Crippen MR) is 71.3 cm³/mol. The van der Waals surface area contributed by atoms with Gasteiger partial charge in [0.05, 0.1) is 29.5 Å². The number of rotatable bonds is 1. The van der Waals surface area contributed by atoms with Crippen molar-refractivity contribution in [2.75, 3.05) is 7.11 Å². The van der Waals surface area contributed by atoms with Gasteiger partial charge in [-0.05, 0) is 36.4 Å². The van der Waals surface area contributed by atoms with Crippen LogP contribution in [0.5, 0.6) is 5.75 Å². The molecular weight excluding hydrogens is 242 g/mol. The Hall–Kier alpha value is -2.80. The van der Waals surface area contributed by atoms with E-state index in [4.69, 9.17) is 14.4 Å². The van der Waals surface area contributed by atoms with Crippen molar-refractivity contribution in [3.8, 4) is 11.8 Å². The van der Waals surface area contributed by atoms with E-state index in [2.05, 4.69) is 0 Å². The molecule has 1 heterocycles. The van der Waals surface area contributed by atoms with Crippen LogP contribution in [-0.4, -0.2) is 7.11 Å². The van der Waals surface area contributed by atoms with Crippen molar-refractivity contribution in [2.45, 2.75) is 0 Å². The molecule has 4 heteroatoms. The van der Waals surface area contributed by atoms with Gasteiger partial charge < -0.3 is 9.15 Å². The molecular formula is C15H9NO3. The summed E-state index contributed by atoms with van der Waals surface area (Å²) in [4.78, 5) is 12.4. The Labute approximate surface area is 108 Å². The molecule has 0 saturated heterocycles. The summed E-state index contributed by atoms with van der Waals surface area (Å²) in [5.74, 6) is 0.604. The van der Waals surface area contributed by atoms with Gasteiger partial charge >= 0.3 is 0 Å². The van der Waals surface area contributed by atoms with Gasteiger partial charge in [-0.1, -0.05) is 0 Å². The van der Waals surface area contributed by atoms with Gasteiger partial charge in [-0.2, -0.15) is 5.26 Å². The van der Waals surface area contributed by atoms with Crippen LogP contribution in [0.4, 0.5) is 0 Å². The fraction of sp³-hybridized carbons (Fsp3) is 0.0667. The number of fused-ring (bicyclic) bond motifs is 2. The van der Waals surface area contributed by atoms with Crippen molar-refractivity contribution in [1.82, 2.24) is 0 Å². The Morgan fingerprint density at radius 1 is 1.11 bits per heavy atom. The molecule has 0 amide bonds. The van der Waals surface area contributed by atoms with E-state index in [-0.39, 0.29) is 5.43 Å². The number of methoxy groups -OCH3 is 1. The molecule has 0 unspecified atom stereocenters. The zero-order valence-electron chi connectivity index (χ0n) is 10.1. The van der Waals surface area contributed by atoms with Crippen molar-refractivity contribution in [3.05, 3.63) is 52.2 Å². The lowest BCUT2D eigenvalue weighted by Gasteiger charge is -2.03. The summed E-state index contributed by atoms with van der Waals surface area (Å²) in [7, 11) is 1.54. The highest BCUT2D eigenvalue weighted by molar-refractivity contribution is 5.90. The lowest BCUT2D eigenvalue weighted by atomic mass is 10.1. The van der Waals surface area contributed by atoms with Crippen LogP contribution in [0.1, 0.15) is 5.56 Å². The maximum Gasteiger partial charge on any atom is 0.200 e. The summed E-state index contributed by atoms with van der Waals surface area (Å²) in [5.41, 5.74) is 1.23. The normalized spacial score (nSPS) is 10.5. The Bertz CT molecular complexity index is 887. The average Bonchev–Trinajstić information content (AvgIpc) is 2.46. The van der Waals surface area contributed by atoms with E-state index < -0.39 is 0 Å². The summed E-state index contributed by atoms with van der Waals surface area (Å²) in [6.45, 7) is 0. The van der Waals surface area contributed by atoms with Crippen molar-refractivity contribution in [1.29, 1.82) is 5.26 Å². The minimum Gasteiger partial charge on any atom is -0.497 e. The first kappa shape index (κ1) is 11.3. The summed E-state index contributed by atoms with van der Waals surface area (Å²) < 4.78 is 10.8. The van der Waals surface area contributed by atoms with Gasteiger partial charge in [-0.15, -0.1) is 0 Å². The fourth-order valence-corrected chi connectivity index (χ4v) is 2.03. The van der Waals surface area contributed by atoms with Gasteiger partial charge in [0.1, 0.15) is 16.9 Å². The average molecular weight is 251 g/mol. The predicted octanol–water partition coefficient (Wildman–Crippen LogP) is 2.83. The van der Waals surface area contributed by atoms with Crippen molar-refractivity contribution >= 4 is 21.9 Å². The molecule has 1 aromatic heterocycles. The lowest BCUT2D eigenvalue weighted by Crippen LogP contribution is -2.02. The van der Waals surface area contributed by atoms with Crippen LogP contribution < -0.4 is 10.2 Å². The molecule has 19 heavy (non-hydrogen) atoms. The van der Waals surface area contributed by atoms with Crippen LogP contribution >= 0.6 is 0 Å². The van der Waals surface area contributed by atoms with Crippen molar-refractivity contribution in [3.63, 3.8) is 0 Å². The molecule has 0 saturated carbocycles. The SMILES string of the molecule is COc1ccc2oc3cc(C#N)ccc3c(=O)c2c1. The van der Waals surface area contributed by atoms with Crippen LogP contribution in [0.3, 0.4) is 0 Å². The molecule has 3 rings (SSSR count). The molecule has 3 aromatic rings. The van der Waals surface area contributed by atoms with E-state index in [1.165, 1.54) is 0 Å². The van der Waals surface area contributed by atoms with Gasteiger partial charge in [0.15, 0.2) is 0 Å². The highest BCUT2D eigenvalue weighted by Crippen LogP contribution is 2.23. The summed E-state index contributed by atoms with van der Waals surface area (Å²) in [6.07, 6.45) is 0. The monoisotopic (exact) mass is 251 g/mol. The summed E-state index contributed by atoms with van der Waals surface area (Å²) >= 11 is 0. The quantitative estimate of drug-likeness (QED) is 0.624. The molecule has 0 spiro atoms. The molecule has 0 aliphatic rings. The van der Waals surface area contributed by atoms with E-state index in [0.717, 1.165) is 0 Å². The first-order valence-corrected chi connectivity index (χ1v) is 5.67. The van der Waals surface area contributed by atoms with Crippen molar-refractivity contribution in [2.24, 2.45) is 0 Å². The highest BCUT2D eigenvalue weighted by atomic mass is 16.5. The second-order valence-electron chi connectivity index (χ2n) is 4.12. The second-order valence-corrected chi connectivity index (χ2v) is 4.12. The van der Waals surface area contributed by atoms with Gasteiger partial charge in [0.25, 0.3) is 0 Å². The van der Waals surface area contributed by atoms with Crippen LogP contribution in [0.15, 0.2) is 45.6 Å². The zero-order chi connectivity index (χ0) is 13.4. The second kappa shape index (κ2) is 4.14. The Morgan fingerprint density at radius 2 is 1.95 bits per heavy atom. The maximum absolute atomic E-state index is 12.4. The van der Waals surface area contributed by atoms with E-state index in [0.29, 0.717) is 33.3 Å². The summed E-state index contributed by atoms with van der Waals surface area (Å²) in [5, 5.41) is 9.79. The molecule has 0 aliphatic carbocycles. The third-order valence-electron chi connectivity index (χ3n) is 3.01. The van der Waals surface area contributed by atoms with Gasteiger partial charge in [0.2, 0.25) is 5.43 Å². The van der Waals surface area contributed by atoms with Gasteiger partial charge in [-0.3, -0.25) is 4.79 Å². The molecule has 0 atom stereocenters. The first-order valence-electron chi connectivity index (χ1n) is 5.67. The number of nitrogens with zero attached hydrogens (tertiary/aromatic N) is 1. The van der Waals surface area contributed by atoms with Crippen LogP contribution in [-0.2, 0) is 0 Å². The molecule has 0 radical (unpaired) electrons. The number of benzene rings is 2. The number of hydrogen-bond donors (Lipinski definition) is 0. The van der Waals surface area contributed by atoms with Crippen LogP contribution in [0.25, 0.3) is 21.9 Å². The molecule has 4 nitrogen and oxygen atoms in total. The Kier molecular flexibility index (Phi) is 2.46. The largest absolute Gasteiger partial charge is 0.497 e. The Morgan fingerprint density at radius 3 is 2.68 bits per heavy atom. The van der Waals surface area contributed by atoms with E-state index in [9.17, 15) is 4.79 Å². The maximum atomic E-state index is 12.4. The third-order valence-corrected chi connectivity index (χ3v) is 3.01. The molecule has 92 valence electrons. The van der Waals surface area contributed by atoms with Gasteiger partial charge in [0, 0.05) is 0 Å². The first-order chi connectivity index (χ1) is 9.22. The lowest BCUT2D eigenvalue weighted by molar-refractivity contribution is 0.415. The van der Waals surface area contributed by atoms with E-state index >= 15 is 0 Å². The zero-order valence-corrected chi connectivity index (χ0v) is 10.1. The smallest absolute Gasteiger partial charge is 0.200 e. The molecule has 0 bridgehead atoms. The van der Waals surface area contributed by atoms with Crippen LogP contribution in [0.2, 0.25) is 0 Å². The number of nitriles is 1. The molecule has 0 fully saturated rings. The van der Waals surface area contributed by atoms with E-state index in [1.54, 1.807) is 43.5 Å². The topological polar surface area (TPSA) is 63.2 Å². The molecule has 0 aliphatic heterocycles. The van der Waals surface area contributed by atoms with E-state index in [1.807, 2.05) is 6.07 Å². The molecule has 0 N–H and O–H groups in total. The molecule has 2 aromatic carbocycles. The van der Waals surface area contributed by atoms with Gasteiger partial charge in [-0.25, -0.2) is 0 Å². The summed E-state index contributed by atoms with van der Waals surface area (Å²) in [6, 6.07) is 11.9. The number of ether oxygens (including phenoxy) is 1. The van der Waals surface area contributed by atoms with Crippen LogP contribution in [0, 0.1) is 11.3 Å².